The number of nitrogens with zero attached hydrogens (tertiary/aromatic N) is 1. The molecule has 1 heterocycles. The Kier molecular flexibility index (Phi) is 4.81. The Morgan fingerprint density at radius 3 is 2.90 bits per heavy atom. The minimum absolute atomic E-state index is 0.144. The number of amides is 1. The minimum atomic E-state index is -0.231. The third-order valence-corrected chi connectivity index (χ3v) is 3.64. The van der Waals surface area contributed by atoms with E-state index < -0.39 is 0 Å². The van der Waals surface area contributed by atoms with Gasteiger partial charge in [0.25, 0.3) is 0 Å². The van der Waals surface area contributed by atoms with Crippen LogP contribution in [0, 0.1) is 5.82 Å². The van der Waals surface area contributed by atoms with E-state index in [9.17, 15) is 9.18 Å². The monoisotopic (exact) mass is 293 g/mol. The number of carbonyl (C=O) groups is 1. The highest BCUT2D eigenvalue weighted by molar-refractivity contribution is 7.13. The first kappa shape index (κ1) is 14.6. The van der Waals surface area contributed by atoms with Crippen LogP contribution in [0.5, 0.6) is 0 Å². The largest absolute Gasteiger partial charge is 0.326 e. The van der Waals surface area contributed by atoms with Gasteiger partial charge in [-0.2, -0.15) is 0 Å². The average Bonchev–Trinajstić information content (AvgIpc) is 2.84. The fourth-order valence-electron chi connectivity index (χ4n) is 1.81. The highest BCUT2D eigenvalue weighted by atomic mass is 32.1. The molecule has 0 saturated carbocycles. The van der Waals surface area contributed by atoms with Crippen LogP contribution in [0.4, 0.5) is 9.52 Å². The van der Waals surface area contributed by atoms with Crippen LogP contribution in [-0.2, 0) is 24.2 Å². The van der Waals surface area contributed by atoms with Gasteiger partial charge in [-0.05, 0) is 30.0 Å². The van der Waals surface area contributed by atoms with Gasteiger partial charge in [0, 0.05) is 18.8 Å². The van der Waals surface area contributed by atoms with Gasteiger partial charge in [-0.25, -0.2) is 9.37 Å². The van der Waals surface area contributed by atoms with Gasteiger partial charge in [0.2, 0.25) is 5.91 Å². The molecule has 0 atom stereocenters. The van der Waals surface area contributed by atoms with Crippen molar-refractivity contribution in [2.24, 2.45) is 5.73 Å². The number of aromatic nitrogens is 1. The van der Waals surface area contributed by atoms with Gasteiger partial charge in [-0.15, -0.1) is 11.3 Å². The predicted molar refractivity (Wildman–Crippen MR) is 78.1 cm³/mol. The van der Waals surface area contributed by atoms with Crippen molar-refractivity contribution in [2.75, 3.05) is 5.32 Å². The number of hydrogen-bond donors (Lipinski definition) is 2. The lowest BCUT2D eigenvalue weighted by molar-refractivity contribution is -0.114. The SMILES string of the molecule is CC(=O)Nc1nc(CCc2ccc(CN)cc2F)cs1. The van der Waals surface area contributed by atoms with E-state index >= 15 is 0 Å². The molecule has 1 aromatic heterocycles. The van der Waals surface area contributed by atoms with Crippen LogP contribution in [0.25, 0.3) is 0 Å². The van der Waals surface area contributed by atoms with E-state index in [0.29, 0.717) is 30.1 Å². The summed E-state index contributed by atoms with van der Waals surface area (Å²) in [6.45, 7) is 1.78. The van der Waals surface area contributed by atoms with Crippen LogP contribution in [-0.4, -0.2) is 10.9 Å². The Morgan fingerprint density at radius 1 is 1.45 bits per heavy atom. The highest BCUT2D eigenvalue weighted by Gasteiger charge is 2.07. The second-order valence-electron chi connectivity index (χ2n) is 4.46. The summed E-state index contributed by atoms with van der Waals surface area (Å²) in [4.78, 5) is 15.2. The van der Waals surface area contributed by atoms with Crippen molar-refractivity contribution >= 4 is 22.4 Å². The fourth-order valence-corrected chi connectivity index (χ4v) is 2.60. The van der Waals surface area contributed by atoms with Crippen LogP contribution < -0.4 is 11.1 Å². The van der Waals surface area contributed by atoms with Crippen molar-refractivity contribution in [2.45, 2.75) is 26.3 Å². The van der Waals surface area contributed by atoms with E-state index in [2.05, 4.69) is 10.3 Å². The zero-order valence-corrected chi connectivity index (χ0v) is 12.0. The van der Waals surface area contributed by atoms with Gasteiger partial charge in [-0.3, -0.25) is 4.79 Å². The van der Waals surface area contributed by atoms with Crippen LogP contribution in [0.2, 0.25) is 0 Å². The van der Waals surface area contributed by atoms with Crippen molar-refractivity contribution in [1.29, 1.82) is 0 Å². The zero-order chi connectivity index (χ0) is 14.5. The number of nitrogens with two attached hydrogens (primary N) is 1. The molecule has 0 spiro atoms. The summed E-state index contributed by atoms with van der Waals surface area (Å²) in [5.74, 6) is -0.375. The summed E-state index contributed by atoms with van der Waals surface area (Å²) in [5, 5.41) is 5.08. The highest BCUT2D eigenvalue weighted by Crippen LogP contribution is 2.18. The van der Waals surface area contributed by atoms with E-state index in [-0.39, 0.29) is 11.7 Å². The molecule has 106 valence electrons. The molecule has 0 aliphatic rings. The maximum Gasteiger partial charge on any atom is 0.223 e. The third-order valence-electron chi connectivity index (χ3n) is 2.84. The van der Waals surface area contributed by atoms with Crippen molar-refractivity contribution in [3.05, 3.63) is 46.2 Å². The summed E-state index contributed by atoms with van der Waals surface area (Å²) in [6, 6.07) is 5.07. The van der Waals surface area contributed by atoms with Crippen LogP contribution >= 0.6 is 11.3 Å². The molecule has 0 radical (unpaired) electrons. The van der Waals surface area contributed by atoms with Gasteiger partial charge < -0.3 is 11.1 Å². The van der Waals surface area contributed by atoms with Gasteiger partial charge in [0.15, 0.2) is 5.13 Å². The summed E-state index contributed by atoms with van der Waals surface area (Å²) in [6.07, 6.45) is 1.20. The Hall–Kier alpha value is -1.79. The molecular weight excluding hydrogens is 277 g/mol. The number of halogens is 1. The number of aryl methyl sites for hydroxylation is 2. The standard InChI is InChI=1S/C14H16FN3OS/c1-9(19)17-14-18-12(8-20-14)5-4-11-3-2-10(7-16)6-13(11)15/h2-3,6,8H,4-5,7,16H2,1H3,(H,17,18,19). The Morgan fingerprint density at radius 2 is 2.25 bits per heavy atom. The normalized spacial score (nSPS) is 10.6. The molecule has 1 amide bonds. The predicted octanol–water partition coefficient (Wildman–Crippen LogP) is 2.48. The Labute approximate surface area is 120 Å². The molecule has 6 heteroatoms. The number of nitrogens with one attached hydrogen (secondary N) is 1. The number of benzene rings is 1. The number of thiazole rings is 1. The van der Waals surface area contributed by atoms with Crippen LogP contribution in [0.15, 0.2) is 23.6 Å². The Balaban J connectivity index is 1.98. The topological polar surface area (TPSA) is 68.0 Å². The molecular formula is C14H16FN3OS. The molecule has 0 saturated heterocycles. The van der Waals surface area contributed by atoms with Crippen molar-refractivity contribution in [1.82, 2.24) is 4.98 Å². The average molecular weight is 293 g/mol. The van der Waals surface area contributed by atoms with E-state index in [0.717, 1.165) is 11.3 Å². The van der Waals surface area contributed by atoms with E-state index in [4.69, 9.17) is 5.73 Å². The molecule has 3 N–H and O–H groups in total. The molecule has 0 bridgehead atoms. The number of hydrogen-bond acceptors (Lipinski definition) is 4. The first-order valence-electron chi connectivity index (χ1n) is 6.28. The third kappa shape index (κ3) is 3.85. The number of rotatable bonds is 5. The number of carbonyl (C=O) groups excluding carboxylic acids is 1. The van der Waals surface area contributed by atoms with Gasteiger partial charge in [0.1, 0.15) is 5.82 Å². The van der Waals surface area contributed by atoms with Crippen molar-refractivity contribution < 1.29 is 9.18 Å². The molecule has 0 aliphatic heterocycles. The smallest absolute Gasteiger partial charge is 0.223 e. The molecule has 0 unspecified atom stereocenters. The second kappa shape index (κ2) is 6.58. The molecule has 0 fully saturated rings. The first-order valence-corrected chi connectivity index (χ1v) is 7.16. The van der Waals surface area contributed by atoms with Gasteiger partial charge >= 0.3 is 0 Å². The summed E-state index contributed by atoms with van der Waals surface area (Å²) < 4.78 is 13.8. The maximum absolute atomic E-state index is 13.8. The van der Waals surface area contributed by atoms with Crippen molar-refractivity contribution in [3.8, 4) is 0 Å². The lowest BCUT2D eigenvalue weighted by atomic mass is 10.1. The van der Waals surface area contributed by atoms with E-state index in [1.54, 1.807) is 6.07 Å². The molecule has 1 aromatic carbocycles. The quantitative estimate of drug-likeness (QED) is 0.890. The summed E-state index contributed by atoms with van der Waals surface area (Å²) >= 11 is 1.37. The van der Waals surface area contributed by atoms with Gasteiger partial charge in [-0.1, -0.05) is 12.1 Å². The first-order chi connectivity index (χ1) is 9.58. The molecule has 2 aromatic rings. The Bertz CT molecular complexity index is 612. The second-order valence-corrected chi connectivity index (χ2v) is 5.31. The molecule has 2 rings (SSSR count). The van der Waals surface area contributed by atoms with E-state index in [1.807, 2.05) is 11.4 Å². The van der Waals surface area contributed by atoms with Gasteiger partial charge in [0.05, 0.1) is 5.69 Å². The van der Waals surface area contributed by atoms with Crippen molar-refractivity contribution in [3.63, 3.8) is 0 Å². The summed E-state index contributed by atoms with van der Waals surface area (Å²) in [7, 11) is 0. The minimum Gasteiger partial charge on any atom is -0.326 e. The maximum atomic E-state index is 13.8. The van der Waals surface area contributed by atoms with Crippen LogP contribution in [0.1, 0.15) is 23.7 Å². The lowest BCUT2D eigenvalue weighted by Gasteiger charge is -2.04. The van der Waals surface area contributed by atoms with Crippen LogP contribution in [0.3, 0.4) is 0 Å². The molecule has 0 aliphatic carbocycles. The molecule has 4 nitrogen and oxygen atoms in total. The number of anilines is 1. The fraction of sp³-hybridized carbons (Fsp3) is 0.286. The zero-order valence-electron chi connectivity index (χ0n) is 11.1. The summed E-state index contributed by atoms with van der Waals surface area (Å²) in [5.41, 5.74) is 7.75. The lowest BCUT2D eigenvalue weighted by Crippen LogP contribution is -2.05. The van der Waals surface area contributed by atoms with E-state index in [1.165, 1.54) is 24.3 Å². The molecule has 20 heavy (non-hydrogen) atoms.